The molecular formula is C20H16N4O3S. The molecule has 2 N–H and O–H groups in total. The molecule has 2 aromatic carbocycles. The van der Waals surface area contributed by atoms with Crippen LogP contribution in [-0.4, -0.2) is 18.2 Å². The topological polar surface area (TPSA) is 111 Å². The van der Waals surface area contributed by atoms with E-state index < -0.39 is 10.0 Å². The monoisotopic (exact) mass is 392 g/mol. The van der Waals surface area contributed by atoms with E-state index in [1.807, 2.05) is 0 Å². The van der Waals surface area contributed by atoms with Crippen LogP contribution < -0.4 is 9.88 Å². The maximum Gasteiger partial charge on any atom is 0.238 e. The van der Waals surface area contributed by atoms with Gasteiger partial charge >= 0.3 is 0 Å². The smallest absolute Gasteiger partial charge is 0.238 e. The first kappa shape index (κ1) is 19.2. The average molecular weight is 392 g/mol. The van der Waals surface area contributed by atoms with E-state index in [0.717, 1.165) is 5.69 Å². The number of nitrogens with two attached hydrogens (primary N) is 1. The highest BCUT2D eigenvalue weighted by Gasteiger charge is 2.09. The summed E-state index contributed by atoms with van der Waals surface area (Å²) >= 11 is 0. The molecule has 0 radical (unpaired) electrons. The van der Waals surface area contributed by atoms with Crippen molar-refractivity contribution in [1.82, 2.24) is 9.78 Å². The Hall–Kier alpha value is -3.59. The molecule has 0 aliphatic carbocycles. The number of ether oxygens (including phenoxy) is 1. The van der Waals surface area contributed by atoms with Gasteiger partial charge in [0.2, 0.25) is 10.0 Å². The number of aromatic nitrogens is 2. The zero-order valence-electron chi connectivity index (χ0n) is 15.0. The Morgan fingerprint density at radius 2 is 1.89 bits per heavy atom. The van der Waals surface area contributed by atoms with E-state index in [-0.39, 0.29) is 11.5 Å². The van der Waals surface area contributed by atoms with Crippen molar-refractivity contribution < 1.29 is 13.2 Å². The predicted octanol–water partition coefficient (Wildman–Crippen LogP) is 1.92. The lowest BCUT2D eigenvalue weighted by molar-refractivity contribution is 0.294. The van der Waals surface area contributed by atoms with Crippen LogP contribution >= 0.6 is 0 Å². The molecule has 0 spiro atoms. The van der Waals surface area contributed by atoms with E-state index in [9.17, 15) is 8.42 Å². The molecule has 0 bridgehead atoms. The Labute approximate surface area is 163 Å². The lowest BCUT2D eigenvalue weighted by atomic mass is 10.2. The van der Waals surface area contributed by atoms with E-state index in [1.54, 1.807) is 54.3 Å². The van der Waals surface area contributed by atoms with Crippen molar-refractivity contribution >= 4 is 10.0 Å². The van der Waals surface area contributed by atoms with Crippen LogP contribution in [0.15, 0.2) is 59.6 Å². The van der Waals surface area contributed by atoms with Gasteiger partial charge in [-0.1, -0.05) is 17.9 Å². The minimum absolute atomic E-state index is 0.00913. The van der Waals surface area contributed by atoms with Crippen LogP contribution in [0.25, 0.3) is 0 Å². The van der Waals surface area contributed by atoms with Gasteiger partial charge in [-0.25, -0.2) is 13.6 Å². The van der Waals surface area contributed by atoms with Crippen molar-refractivity contribution in [2.75, 3.05) is 0 Å². The number of benzene rings is 2. The first-order valence-electron chi connectivity index (χ1n) is 8.15. The molecule has 7 nitrogen and oxygen atoms in total. The molecule has 1 heterocycles. The Kier molecular flexibility index (Phi) is 5.46. The predicted molar refractivity (Wildman–Crippen MR) is 102 cm³/mol. The Bertz CT molecular complexity index is 1210. The van der Waals surface area contributed by atoms with Gasteiger partial charge in [0.1, 0.15) is 12.4 Å². The van der Waals surface area contributed by atoms with Crippen LogP contribution in [0.2, 0.25) is 0 Å². The lowest BCUT2D eigenvalue weighted by Gasteiger charge is -2.07. The maximum atomic E-state index is 11.5. The summed E-state index contributed by atoms with van der Waals surface area (Å²) in [7, 11) is -2.00. The minimum atomic E-state index is -3.78. The fraction of sp³-hybridized carbons (Fsp3) is 0.100. The van der Waals surface area contributed by atoms with Gasteiger partial charge in [-0.05, 0) is 42.5 Å². The van der Waals surface area contributed by atoms with Crippen molar-refractivity contribution in [2.45, 2.75) is 11.5 Å². The molecule has 140 valence electrons. The fourth-order valence-electron chi connectivity index (χ4n) is 2.41. The van der Waals surface area contributed by atoms with Crippen LogP contribution in [0.4, 0.5) is 0 Å². The first-order chi connectivity index (χ1) is 13.4. The van der Waals surface area contributed by atoms with Crippen molar-refractivity contribution in [3.63, 3.8) is 0 Å². The molecule has 8 heteroatoms. The highest BCUT2D eigenvalue weighted by atomic mass is 32.2. The van der Waals surface area contributed by atoms with Crippen molar-refractivity contribution in [1.29, 1.82) is 5.26 Å². The number of nitrogens with zero attached hydrogens (tertiary/aromatic N) is 3. The first-order valence-corrected chi connectivity index (χ1v) is 9.70. The van der Waals surface area contributed by atoms with Gasteiger partial charge in [-0.2, -0.15) is 10.4 Å². The van der Waals surface area contributed by atoms with E-state index in [0.29, 0.717) is 22.4 Å². The third-order valence-corrected chi connectivity index (χ3v) is 4.84. The lowest BCUT2D eigenvalue weighted by Crippen LogP contribution is -2.11. The van der Waals surface area contributed by atoms with Gasteiger partial charge in [0.25, 0.3) is 0 Å². The molecule has 0 fully saturated rings. The van der Waals surface area contributed by atoms with Gasteiger partial charge in [-0.15, -0.1) is 0 Å². The fourth-order valence-corrected chi connectivity index (χ4v) is 2.97. The van der Waals surface area contributed by atoms with Crippen molar-refractivity contribution in [2.24, 2.45) is 12.2 Å². The van der Waals surface area contributed by atoms with Gasteiger partial charge in [0.05, 0.1) is 34.0 Å². The van der Waals surface area contributed by atoms with E-state index in [2.05, 4.69) is 23.0 Å². The van der Waals surface area contributed by atoms with Gasteiger partial charge in [0, 0.05) is 12.6 Å². The number of hydrogen-bond donors (Lipinski definition) is 1. The summed E-state index contributed by atoms with van der Waals surface area (Å²) in [5.41, 5.74) is 2.51. The molecule has 0 aliphatic rings. The van der Waals surface area contributed by atoms with Crippen LogP contribution in [0.3, 0.4) is 0 Å². The van der Waals surface area contributed by atoms with E-state index >= 15 is 0 Å². The van der Waals surface area contributed by atoms with Gasteiger partial charge < -0.3 is 4.74 Å². The summed E-state index contributed by atoms with van der Waals surface area (Å²) in [5, 5.41) is 18.2. The quantitative estimate of drug-likeness (QED) is 0.682. The summed E-state index contributed by atoms with van der Waals surface area (Å²) in [4.78, 5) is 0.00913. The zero-order chi connectivity index (χ0) is 20.1. The molecule has 0 saturated heterocycles. The zero-order valence-corrected chi connectivity index (χ0v) is 15.8. The number of aryl methyl sites for hydroxylation is 1. The van der Waals surface area contributed by atoms with Crippen molar-refractivity contribution in [3.8, 4) is 23.7 Å². The Morgan fingerprint density at radius 1 is 1.14 bits per heavy atom. The van der Waals surface area contributed by atoms with Gasteiger partial charge in [-0.3, -0.25) is 4.68 Å². The molecule has 1 aromatic heterocycles. The standard InChI is InChI=1S/C20H16N4O3S/c1-24-20(14-27-18-9-6-16(12-21)7-10-18)17(13-23-24)8-5-15-3-2-4-19(11-15)28(22,25)26/h2-4,6-7,9-11,13H,14H2,1H3,(H2,22,25,26). The number of sulfonamides is 1. The van der Waals surface area contributed by atoms with Crippen LogP contribution in [0.1, 0.15) is 22.4 Å². The highest BCUT2D eigenvalue weighted by Crippen LogP contribution is 2.16. The average Bonchev–Trinajstić information content (AvgIpc) is 3.04. The highest BCUT2D eigenvalue weighted by molar-refractivity contribution is 7.89. The minimum Gasteiger partial charge on any atom is -0.487 e. The van der Waals surface area contributed by atoms with Crippen LogP contribution in [0, 0.1) is 23.2 Å². The molecule has 3 rings (SSSR count). The second-order valence-electron chi connectivity index (χ2n) is 5.88. The normalized spacial score (nSPS) is 10.6. The molecule has 0 amide bonds. The summed E-state index contributed by atoms with van der Waals surface area (Å²) in [6.45, 7) is 0.240. The summed E-state index contributed by atoms with van der Waals surface area (Å²) in [6, 6.07) is 15.0. The molecule has 0 aliphatic heterocycles. The Morgan fingerprint density at radius 3 is 2.57 bits per heavy atom. The second-order valence-corrected chi connectivity index (χ2v) is 7.44. The molecule has 3 aromatic rings. The second kappa shape index (κ2) is 7.97. The molecule has 0 saturated carbocycles. The molecule has 28 heavy (non-hydrogen) atoms. The Balaban J connectivity index is 1.80. The SMILES string of the molecule is Cn1ncc(C#Cc2cccc(S(N)(=O)=O)c2)c1COc1ccc(C#N)cc1. The van der Waals surface area contributed by atoms with Gasteiger partial charge in [0.15, 0.2) is 0 Å². The summed E-state index contributed by atoms with van der Waals surface area (Å²) < 4.78 is 30.3. The number of hydrogen-bond acceptors (Lipinski definition) is 5. The van der Waals surface area contributed by atoms with E-state index in [4.69, 9.17) is 15.1 Å². The summed E-state index contributed by atoms with van der Waals surface area (Å²) in [5.74, 6) is 6.54. The van der Waals surface area contributed by atoms with Crippen LogP contribution in [0.5, 0.6) is 5.75 Å². The third-order valence-electron chi connectivity index (χ3n) is 3.92. The number of nitriles is 1. The number of primary sulfonamides is 1. The molecule has 0 unspecified atom stereocenters. The van der Waals surface area contributed by atoms with Crippen molar-refractivity contribution in [3.05, 3.63) is 77.1 Å². The molecule has 0 atom stereocenters. The third kappa shape index (κ3) is 4.57. The largest absolute Gasteiger partial charge is 0.487 e. The number of rotatable bonds is 4. The maximum absolute atomic E-state index is 11.5. The summed E-state index contributed by atoms with van der Waals surface area (Å²) in [6.07, 6.45) is 1.62. The van der Waals surface area contributed by atoms with Crippen LogP contribution in [-0.2, 0) is 23.7 Å². The molecular weight excluding hydrogens is 376 g/mol. The van der Waals surface area contributed by atoms with E-state index in [1.165, 1.54) is 12.1 Å².